The maximum absolute atomic E-state index is 13.3. The Labute approximate surface area is 160 Å². The van der Waals surface area contributed by atoms with E-state index in [0.717, 1.165) is 23.0 Å². The Hall–Kier alpha value is -2.64. The van der Waals surface area contributed by atoms with E-state index in [1.807, 2.05) is 0 Å². The number of carbonyl (C=O) groups is 1. The van der Waals surface area contributed by atoms with Gasteiger partial charge in [0.25, 0.3) is 5.91 Å². The molecule has 5 rings (SSSR count). The van der Waals surface area contributed by atoms with Crippen molar-refractivity contribution in [3.63, 3.8) is 0 Å². The smallest absolute Gasteiger partial charge is 0.311 e. The van der Waals surface area contributed by atoms with Crippen LogP contribution in [0.2, 0.25) is 0 Å². The van der Waals surface area contributed by atoms with Crippen molar-refractivity contribution in [2.45, 2.75) is 39.4 Å². The summed E-state index contributed by atoms with van der Waals surface area (Å²) in [5.74, 6) is -0.613. The predicted molar refractivity (Wildman–Crippen MR) is 99.4 cm³/mol. The molecule has 148 valence electrons. The SMILES string of the molecule is CC1(C)[C@@H]2CC=C(/C=N\NC(=O)Cn3c(C(F)(F)F)nc4ccccc43)[C@@H]1C2. The highest BCUT2D eigenvalue weighted by molar-refractivity contribution is 5.84. The highest BCUT2D eigenvalue weighted by atomic mass is 19.4. The normalized spacial score (nSPS) is 23.5. The predicted octanol–water partition coefficient (Wildman–Crippen LogP) is 4.15. The Morgan fingerprint density at radius 3 is 2.82 bits per heavy atom. The van der Waals surface area contributed by atoms with E-state index in [0.29, 0.717) is 11.8 Å². The van der Waals surface area contributed by atoms with Gasteiger partial charge in [-0.1, -0.05) is 32.1 Å². The van der Waals surface area contributed by atoms with Crippen molar-refractivity contribution in [1.82, 2.24) is 15.0 Å². The van der Waals surface area contributed by atoms with Gasteiger partial charge in [-0.2, -0.15) is 18.3 Å². The highest BCUT2D eigenvalue weighted by Crippen LogP contribution is 2.58. The largest absolute Gasteiger partial charge is 0.449 e. The van der Waals surface area contributed by atoms with Gasteiger partial charge in [0.2, 0.25) is 5.82 Å². The Bertz CT molecular complexity index is 987. The number of hydrazone groups is 1. The number of aromatic nitrogens is 2. The van der Waals surface area contributed by atoms with Crippen LogP contribution in [0.15, 0.2) is 41.0 Å². The number of rotatable bonds is 4. The number of hydrogen-bond acceptors (Lipinski definition) is 3. The lowest BCUT2D eigenvalue weighted by atomic mass is 9.49. The molecule has 1 saturated carbocycles. The third-order valence-electron chi connectivity index (χ3n) is 6.12. The van der Waals surface area contributed by atoms with Crippen molar-refractivity contribution in [1.29, 1.82) is 0 Å². The molecule has 1 aromatic heterocycles. The second-order valence-corrected chi connectivity index (χ2v) is 8.05. The molecule has 1 aromatic carbocycles. The van der Waals surface area contributed by atoms with Gasteiger partial charge >= 0.3 is 6.18 Å². The molecule has 3 aliphatic carbocycles. The average Bonchev–Trinajstić information content (AvgIpc) is 3.01. The number of amides is 1. The minimum Gasteiger partial charge on any atom is -0.311 e. The molecular formula is C20H21F3N4O. The third-order valence-corrected chi connectivity index (χ3v) is 6.12. The standard InChI is InChI=1S/C20H21F3N4O/c1-19(2)13-8-7-12(14(19)9-13)10-24-26-17(28)11-27-16-6-4-3-5-15(16)25-18(27)20(21,22)23/h3-7,10,13-14H,8-9,11H2,1-2H3,(H,26,28)/b24-10-/t13-,14+/m1/s1. The summed E-state index contributed by atoms with van der Waals surface area (Å²) in [6, 6.07) is 6.21. The Kier molecular flexibility index (Phi) is 4.32. The van der Waals surface area contributed by atoms with Crippen molar-refractivity contribution in [2.75, 3.05) is 0 Å². The first-order valence-corrected chi connectivity index (χ1v) is 9.22. The van der Waals surface area contributed by atoms with Crippen LogP contribution in [0.1, 0.15) is 32.5 Å². The Balaban J connectivity index is 1.48. The second-order valence-electron chi connectivity index (χ2n) is 8.05. The van der Waals surface area contributed by atoms with Gasteiger partial charge in [0.15, 0.2) is 0 Å². The van der Waals surface area contributed by atoms with Crippen LogP contribution in [0, 0.1) is 17.3 Å². The van der Waals surface area contributed by atoms with Crippen molar-refractivity contribution in [2.24, 2.45) is 22.4 Å². The van der Waals surface area contributed by atoms with Gasteiger partial charge in [0.1, 0.15) is 6.54 Å². The first-order chi connectivity index (χ1) is 13.2. The van der Waals surface area contributed by atoms with Crippen LogP contribution in [0.25, 0.3) is 11.0 Å². The quantitative estimate of drug-likeness (QED) is 0.630. The minimum atomic E-state index is -4.65. The molecule has 8 heteroatoms. The molecule has 0 aliphatic heterocycles. The number of benzene rings is 1. The number of para-hydroxylation sites is 2. The van der Waals surface area contributed by atoms with E-state index in [-0.39, 0.29) is 16.4 Å². The lowest BCUT2D eigenvalue weighted by molar-refractivity contribution is -0.147. The molecule has 1 amide bonds. The number of allylic oxidation sites excluding steroid dienone is 2. The molecule has 1 N–H and O–H groups in total. The van der Waals surface area contributed by atoms with Crippen LogP contribution in [-0.2, 0) is 17.5 Å². The fourth-order valence-corrected chi connectivity index (χ4v) is 4.35. The molecule has 2 atom stereocenters. The molecule has 1 heterocycles. The van der Waals surface area contributed by atoms with Gasteiger partial charge in [-0.15, -0.1) is 0 Å². The van der Waals surface area contributed by atoms with Crippen molar-refractivity contribution < 1.29 is 18.0 Å². The molecule has 5 nitrogen and oxygen atoms in total. The van der Waals surface area contributed by atoms with Gasteiger partial charge in [0.05, 0.1) is 17.2 Å². The lowest BCUT2D eigenvalue weighted by Gasteiger charge is -2.55. The van der Waals surface area contributed by atoms with E-state index in [4.69, 9.17) is 0 Å². The summed E-state index contributed by atoms with van der Waals surface area (Å²) in [7, 11) is 0. The maximum Gasteiger partial charge on any atom is 0.449 e. The molecule has 0 unspecified atom stereocenters. The molecule has 0 spiro atoms. The van der Waals surface area contributed by atoms with E-state index in [1.54, 1.807) is 18.3 Å². The lowest BCUT2D eigenvalue weighted by Crippen LogP contribution is -2.48. The first kappa shape index (κ1) is 18.7. The van der Waals surface area contributed by atoms with Gasteiger partial charge in [0, 0.05) is 0 Å². The minimum absolute atomic E-state index is 0.195. The van der Waals surface area contributed by atoms with Crippen molar-refractivity contribution in [3.05, 3.63) is 41.7 Å². The molecule has 0 saturated heterocycles. The van der Waals surface area contributed by atoms with Crippen LogP contribution < -0.4 is 5.43 Å². The molecule has 28 heavy (non-hydrogen) atoms. The number of carbonyl (C=O) groups excluding carboxylic acids is 1. The summed E-state index contributed by atoms with van der Waals surface area (Å²) in [6.07, 6.45) is 1.21. The van der Waals surface area contributed by atoms with Crippen LogP contribution in [0.5, 0.6) is 0 Å². The number of nitrogens with one attached hydrogen (secondary N) is 1. The highest BCUT2D eigenvalue weighted by Gasteiger charge is 2.50. The van der Waals surface area contributed by atoms with Gasteiger partial charge in [-0.05, 0) is 47.8 Å². The zero-order valence-electron chi connectivity index (χ0n) is 15.6. The van der Waals surface area contributed by atoms with Crippen LogP contribution in [0.3, 0.4) is 0 Å². The number of halogens is 3. The number of alkyl halides is 3. The summed E-state index contributed by atoms with van der Waals surface area (Å²) in [6.45, 7) is 3.95. The second kappa shape index (κ2) is 6.46. The fourth-order valence-electron chi connectivity index (χ4n) is 4.35. The summed E-state index contributed by atoms with van der Waals surface area (Å²) in [5, 5.41) is 3.98. The Morgan fingerprint density at radius 2 is 2.14 bits per heavy atom. The summed E-state index contributed by atoms with van der Waals surface area (Å²) >= 11 is 0. The third kappa shape index (κ3) is 3.10. The molecule has 3 aliphatic rings. The Morgan fingerprint density at radius 1 is 1.39 bits per heavy atom. The zero-order valence-corrected chi connectivity index (χ0v) is 15.6. The number of fused-ring (bicyclic) bond motifs is 2. The number of imidazole rings is 1. The topological polar surface area (TPSA) is 59.3 Å². The van der Waals surface area contributed by atoms with Crippen LogP contribution in [0.4, 0.5) is 13.2 Å². The van der Waals surface area contributed by atoms with E-state index in [9.17, 15) is 18.0 Å². The van der Waals surface area contributed by atoms with Crippen molar-refractivity contribution >= 4 is 23.2 Å². The molecule has 2 aromatic rings. The molecular weight excluding hydrogens is 369 g/mol. The van der Waals surface area contributed by atoms with Gasteiger partial charge in [-0.3, -0.25) is 4.79 Å². The van der Waals surface area contributed by atoms with Crippen LogP contribution >= 0.6 is 0 Å². The first-order valence-electron chi connectivity index (χ1n) is 9.22. The van der Waals surface area contributed by atoms with E-state index < -0.39 is 24.5 Å². The summed E-state index contributed by atoms with van der Waals surface area (Å²) in [5.41, 5.74) is 4.11. The number of hydrogen-bond donors (Lipinski definition) is 1. The van der Waals surface area contributed by atoms with E-state index >= 15 is 0 Å². The number of nitrogens with zero attached hydrogens (tertiary/aromatic N) is 3. The van der Waals surface area contributed by atoms with Crippen LogP contribution in [-0.4, -0.2) is 21.7 Å². The zero-order chi connectivity index (χ0) is 20.1. The van der Waals surface area contributed by atoms with Crippen molar-refractivity contribution in [3.8, 4) is 0 Å². The van der Waals surface area contributed by atoms with Gasteiger partial charge < -0.3 is 4.57 Å². The molecule has 2 bridgehead atoms. The van der Waals surface area contributed by atoms with E-state index in [1.165, 1.54) is 12.1 Å². The van der Waals surface area contributed by atoms with E-state index in [2.05, 4.69) is 35.4 Å². The average molecular weight is 390 g/mol. The van der Waals surface area contributed by atoms with Gasteiger partial charge in [-0.25, -0.2) is 10.4 Å². The fraction of sp³-hybridized carbons (Fsp3) is 0.450. The molecule has 0 radical (unpaired) electrons. The molecule has 1 fully saturated rings. The summed E-state index contributed by atoms with van der Waals surface area (Å²) < 4.78 is 40.8. The monoisotopic (exact) mass is 390 g/mol. The maximum atomic E-state index is 13.3. The summed E-state index contributed by atoms with van der Waals surface area (Å²) in [4.78, 5) is 15.9.